The Morgan fingerprint density at radius 2 is 2.33 bits per heavy atom. The first-order valence-electron chi connectivity index (χ1n) is 6.55. The van der Waals surface area contributed by atoms with E-state index in [1.165, 1.54) is 0 Å². The molecule has 0 fully saturated rings. The van der Waals surface area contributed by atoms with Crippen LogP contribution in [0.3, 0.4) is 0 Å². The van der Waals surface area contributed by atoms with Crippen LogP contribution in [0, 0.1) is 18.3 Å². The van der Waals surface area contributed by atoms with Gasteiger partial charge in [0.2, 0.25) is 0 Å². The highest BCUT2D eigenvalue weighted by atomic mass is 32.2. The molecular weight excluding hydrogens is 302 g/mol. The summed E-state index contributed by atoms with van der Waals surface area (Å²) in [6.45, 7) is 4.19. The fourth-order valence-corrected chi connectivity index (χ4v) is 3.60. The zero-order chi connectivity index (χ0) is 15.1. The first kappa shape index (κ1) is 16.0. The molecule has 0 aliphatic carbocycles. The lowest BCUT2D eigenvalue weighted by atomic mass is 10.1. The van der Waals surface area contributed by atoms with Gasteiger partial charge in [0.1, 0.15) is 6.07 Å². The minimum Gasteiger partial charge on any atom is -0.383 e. The first-order chi connectivity index (χ1) is 10.2. The van der Waals surface area contributed by atoms with Crippen LogP contribution in [0.4, 0.5) is 0 Å². The summed E-state index contributed by atoms with van der Waals surface area (Å²) in [4.78, 5) is 5.37. The molecule has 0 bridgehead atoms. The third kappa shape index (κ3) is 4.83. The van der Waals surface area contributed by atoms with Crippen molar-refractivity contribution in [1.29, 1.82) is 5.26 Å². The van der Waals surface area contributed by atoms with Gasteiger partial charge in [0.25, 0.3) is 0 Å². The van der Waals surface area contributed by atoms with Gasteiger partial charge in [0.05, 0.1) is 12.2 Å². The topological polar surface area (TPSA) is 57.9 Å². The number of hydrogen-bond donors (Lipinski definition) is 1. The molecule has 0 aliphatic heterocycles. The van der Waals surface area contributed by atoms with Gasteiger partial charge in [-0.15, -0.1) is 11.3 Å². The number of ether oxygens (including phenoxy) is 1. The lowest BCUT2D eigenvalue weighted by molar-refractivity contribution is 0.199. The number of hydrogen-bond acceptors (Lipinski definition) is 6. The third-order valence-electron chi connectivity index (χ3n) is 2.77. The van der Waals surface area contributed by atoms with Gasteiger partial charge in [0, 0.05) is 36.2 Å². The molecule has 1 aromatic heterocycles. The summed E-state index contributed by atoms with van der Waals surface area (Å²) in [5.41, 5.74) is 2.81. The summed E-state index contributed by atoms with van der Waals surface area (Å²) in [6.07, 6.45) is 0. The highest BCUT2D eigenvalue weighted by molar-refractivity contribution is 8.01. The molecular formula is C15H17N3OS2. The van der Waals surface area contributed by atoms with E-state index in [-0.39, 0.29) is 0 Å². The number of rotatable bonds is 7. The predicted molar refractivity (Wildman–Crippen MR) is 85.7 cm³/mol. The van der Waals surface area contributed by atoms with Gasteiger partial charge in [-0.25, -0.2) is 4.98 Å². The van der Waals surface area contributed by atoms with Crippen molar-refractivity contribution in [2.24, 2.45) is 0 Å². The molecule has 0 saturated carbocycles. The average molecular weight is 319 g/mol. The number of thiazole rings is 1. The zero-order valence-electron chi connectivity index (χ0n) is 12.0. The van der Waals surface area contributed by atoms with Crippen LogP contribution in [0.5, 0.6) is 0 Å². The van der Waals surface area contributed by atoms with Crippen LogP contribution in [0.25, 0.3) is 0 Å². The molecule has 0 amide bonds. The summed E-state index contributed by atoms with van der Waals surface area (Å²) < 4.78 is 5.96. The van der Waals surface area contributed by atoms with Crippen molar-refractivity contribution in [3.8, 4) is 6.07 Å². The van der Waals surface area contributed by atoms with Crippen LogP contribution in [0.2, 0.25) is 0 Å². The standard InChI is InChI=1S/C15H17N3OS2/c1-11-10-20-15(18-11)21-14-4-3-12(7-13(14)8-16)9-17-5-6-19-2/h3-4,7,10,17H,5-6,9H2,1-2H3. The molecule has 0 atom stereocenters. The van der Waals surface area contributed by atoms with E-state index >= 15 is 0 Å². The predicted octanol–water partition coefficient (Wildman–Crippen LogP) is 3.21. The Bertz CT molecular complexity index is 634. The summed E-state index contributed by atoms with van der Waals surface area (Å²) in [5.74, 6) is 0. The van der Waals surface area contributed by atoms with Crippen LogP contribution < -0.4 is 5.32 Å². The normalized spacial score (nSPS) is 10.5. The quantitative estimate of drug-likeness (QED) is 0.794. The van der Waals surface area contributed by atoms with Gasteiger partial charge in [-0.05, 0) is 24.6 Å². The van der Waals surface area contributed by atoms with Crippen LogP contribution >= 0.6 is 23.1 Å². The summed E-state index contributed by atoms with van der Waals surface area (Å²) >= 11 is 3.15. The SMILES string of the molecule is COCCNCc1ccc(Sc2nc(C)cs2)c(C#N)c1. The molecule has 6 heteroatoms. The average Bonchev–Trinajstić information content (AvgIpc) is 2.90. The number of methoxy groups -OCH3 is 1. The number of aromatic nitrogens is 1. The molecule has 0 unspecified atom stereocenters. The number of nitrogens with zero attached hydrogens (tertiary/aromatic N) is 2. The molecule has 0 spiro atoms. The van der Waals surface area contributed by atoms with Gasteiger partial charge in [-0.3, -0.25) is 0 Å². The van der Waals surface area contributed by atoms with Crippen LogP contribution in [0.1, 0.15) is 16.8 Å². The Balaban J connectivity index is 2.04. The van der Waals surface area contributed by atoms with Gasteiger partial charge < -0.3 is 10.1 Å². The Labute approximate surface area is 133 Å². The monoisotopic (exact) mass is 319 g/mol. The van der Waals surface area contributed by atoms with E-state index in [9.17, 15) is 5.26 Å². The van der Waals surface area contributed by atoms with Gasteiger partial charge in [0.15, 0.2) is 4.34 Å². The first-order valence-corrected chi connectivity index (χ1v) is 8.25. The van der Waals surface area contributed by atoms with Crippen LogP contribution in [-0.2, 0) is 11.3 Å². The minimum atomic E-state index is 0.683. The number of aryl methyl sites for hydroxylation is 1. The Morgan fingerprint density at radius 3 is 3.00 bits per heavy atom. The van der Waals surface area contributed by atoms with Gasteiger partial charge >= 0.3 is 0 Å². The summed E-state index contributed by atoms with van der Waals surface area (Å²) in [6, 6.07) is 8.24. The second-order valence-corrected chi connectivity index (χ2v) is 6.62. The lowest BCUT2D eigenvalue weighted by Gasteiger charge is -2.07. The third-order valence-corrected chi connectivity index (χ3v) is 4.90. The Kier molecular flexibility index (Phi) is 6.21. The van der Waals surface area contributed by atoms with E-state index < -0.39 is 0 Å². The maximum Gasteiger partial charge on any atom is 0.154 e. The van der Waals surface area contributed by atoms with E-state index in [0.717, 1.165) is 33.6 Å². The summed E-state index contributed by atoms with van der Waals surface area (Å²) in [5, 5.41) is 14.6. The zero-order valence-corrected chi connectivity index (χ0v) is 13.7. The second-order valence-electron chi connectivity index (χ2n) is 4.47. The number of benzene rings is 1. The van der Waals surface area contributed by atoms with Crippen molar-refractivity contribution in [3.05, 3.63) is 40.4 Å². The Morgan fingerprint density at radius 1 is 1.48 bits per heavy atom. The number of nitriles is 1. The molecule has 1 N–H and O–H groups in total. The molecule has 0 saturated heterocycles. The van der Waals surface area contributed by atoms with Crippen molar-refractivity contribution in [2.45, 2.75) is 22.7 Å². The highest BCUT2D eigenvalue weighted by Gasteiger charge is 2.08. The molecule has 21 heavy (non-hydrogen) atoms. The second kappa shape index (κ2) is 8.15. The van der Waals surface area contributed by atoms with Crippen molar-refractivity contribution in [1.82, 2.24) is 10.3 Å². The smallest absolute Gasteiger partial charge is 0.154 e. The molecule has 0 aliphatic rings. The largest absolute Gasteiger partial charge is 0.383 e. The van der Waals surface area contributed by atoms with Gasteiger partial charge in [-0.2, -0.15) is 5.26 Å². The van der Waals surface area contributed by atoms with E-state index in [2.05, 4.69) is 16.4 Å². The van der Waals surface area contributed by atoms with E-state index in [1.54, 1.807) is 30.2 Å². The maximum absolute atomic E-state index is 9.32. The molecule has 2 rings (SSSR count). The van der Waals surface area contributed by atoms with Crippen molar-refractivity contribution < 1.29 is 4.74 Å². The highest BCUT2D eigenvalue weighted by Crippen LogP contribution is 2.32. The molecule has 1 heterocycles. The maximum atomic E-state index is 9.32. The van der Waals surface area contributed by atoms with Crippen molar-refractivity contribution in [3.63, 3.8) is 0 Å². The fourth-order valence-electron chi connectivity index (χ4n) is 1.74. The minimum absolute atomic E-state index is 0.683. The fraction of sp³-hybridized carbons (Fsp3) is 0.333. The molecule has 0 radical (unpaired) electrons. The number of nitrogens with one attached hydrogen (secondary N) is 1. The van der Waals surface area contributed by atoms with Crippen LogP contribution in [0.15, 0.2) is 32.8 Å². The lowest BCUT2D eigenvalue weighted by Crippen LogP contribution is -2.18. The van der Waals surface area contributed by atoms with Gasteiger partial charge in [-0.1, -0.05) is 17.8 Å². The van der Waals surface area contributed by atoms with Crippen molar-refractivity contribution >= 4 is 23.1 Å². The van der Waals surface area contributed by atoms with Crippen LogP contribution in [-0.4, -0.2) is 25.2 Å². The molecule has 1 aromatic carbocycles. The molecule has 110 valence electrons. The van der Waals surface area contributed by atoms with E-state index in [0.29, 0.717) is 12.2 Å². The summed E-state index contributed by atoms with van der Waals surface area (Å²) in [7, 11) is 1.68. The molecule has 4 nitrogen and oxygen atoms in total. The van der Waals surface area contributed by atoms with Crippen molar-refractivity contribution in [2.75, 3.05) is 20.3 Å². The van der Waals surface area contributed by atoms with E-state index in [4.69, 9.17) is 4.74 Å². The van der Waals surface area contributed by atoms with E-state index in [1.807, 2.05) is 30.5 Å². The Hall–Kier alpha value is -1.39. The molecule has 2 aromatic rings.